The zero-order chi connectivity index (χ0) is 23.5. The molecule has 33 heavy (non-hydrogen) atoms. The van der Waals surface area contributed by atoms with Crippen molar-refractivity contribution in [3.63, 3.8) is 0 Å². The quantitative estimate of drug-likeness (QED) is 0.388. The summed E-state index contributed by atoms with van der Waals surface area (Å²) < 4.78 is 0. The minimum Gasteiger partial charge on any atom is -0.481 e. The largest absolute Gasteiger partial charge is 0.481 e. The molecule has 7 heteroatoms. The minimum absolute atomic E-state index is 0.105. The van der Waals surface area contributed by atoms with E-state index in [1.54, 1.807) is 36.4 Å². The van der Waals surface area contributed by atoms with E-state index in [1.807, 2.05) is 24.3 Å². The van der Waals surface area contributed by atoms with Crippen molar-refractivity contribution < 1.29 is 19.5 Å². The van der Waals surface area contributed by atoms with Gasteiger partial charge in [0.1, 0.15) is 0 Å². The van der Waals surface area contributed by atoms with Crippen molar-refractivity contribution in [2.75, 3.05) is 5.32 Å². The molecule has 2 atom stereocenters. The highest BCUT2D eigenvalue weighted by atomic mass is 35.5. The Labute approximate surface area is 201 Å². The average Bonchev–Trinajstić information content (AvgIpc) is 3.31. The zero-order valence-corrected chi connectivity index (χ0v) is 19.1. The summed E-state index contributed by atoms with van der Waals surface area (Å²) in [5.74, 6) is -2.34. The van der Waals surface area contributed by atoms with Crippen molar-refractivity contribution in [3.8, 4) is 11.1 Å². The number of benzene rings is 3. The number of Topliss-reactive ketones (excluding diaryl/α,β-unsaturated/α-hetero) is 1. The lowest BCUT2D eigenvalue weighted by Crippen LogP contribution is -2.25. The highest BCUT2D eigenvalue weighted by molar-refractivity contribution is 6.42. The molecule has 1 saturated carbocycles. The number of carboxylic acids is 1. The minimum atomic E-state index is -0.895. The fraction of sp³-hybridized carbons (Fsp3) is 0.192. The summed E-state index contributed by atoms with van der Waals surface area (Å²) in [4.78, 5) is 36.6. The topological polar surface area (TPSA) is 83.5 Å². The Morgan fingerprint density at radius 2 is 1.33 bits per heavy atom. The van der Waals surface area contributed by atoms with Gasteiger partial charge in [-0.25, -0.2) is 0 Å². The SMILES string of the molecule is O=C(Nc1ccc(-c2ccc(C(=O)[C@@H]3CCC[C@H]3C(=O)O)cc2)cc1)c1ccc(Cl)c(Cl)c1. The molecule has 3 aromatic carbocycles. The van der Waals surface area contributed by atoms with Gasteiger partial charge in [0.05, 0.1) is 16.0 Å². The second kappa shape index (κ2) is 9.77. The zero-order valence-electron chi connectivity index (χ0n) is 17.6. The summed E-state index contributed by atoms with van der Waals surface area (Å²) in [6.45, 7) is 0. The molecule has 1 aliphatic carbocycles. The highest BCUT2D eigenvalue weighted by Gasteiger charge is 2.37. The third-order valence-corrected chi connectivity index (χ3v) is 6.74. The number of nitrogens with one attached hydrogen (secondary N) is 1. The summed E-state index contributed by atoms with van der Waals surface area (Å²) in [5.41, 5.74) is 3.40. The number of amides is 1. The van der Waals surface area contributed by atoms with Gasteiger partial charge in [0.2, 0.25) is 0 Å². The summed E-state index contributed by atoms with van der Waals surface area (Å²) in [6, 6.07) is 19.2. The summed E-state index contributed by atoms with van der Waals surface area (Å²) in [5, 5.41) is 12.9. The molecule has 1 amide bonds. The molecule has 0 radical (unpaired) electrons. The molecule has 0 bridgehead atoms. The second-order valence-electron chi connectivity index (χ2n) is 8.08. The van der Waals surface area contributed by atoms with Gasteiger partial charge < -0.3 is 10.4 Å². The maximum absolute atomic E-state index is 12.8. The number of carboxylic acid groups (broad SMARTS) is 1. The van der Waals surface area contributed by atoms with E-state index in [1.165, 1.54) is 6.07 Å². The molecular weight excluding hydrogens is 461 g/mol. The first-order valence-electron chi connectivity index (χ1n) is 10.6. The van der Waals surface area contributed by atoms with Gasteiger partial charge in [-0.2, -0.15) is 0 Å². The standard InChI is InChI=1S/C26H21Cl2NO4/c27-22-13-10-18(14-23(22)28)25(31)29-19-11-8-16(9-12-19)15-4-6-17(7-5-15)24(30)20-2-1-3-21(20)26(32)33/h4-14,20-21H,1-3H2,(H,29,31)(H,32,33)/t20-,21-/m1/s1. The molecule has 0 spiro atoms. The number of hydrogen-bond acceptors (Lipinski definition) is 3. The predicted octanol–water partition coefficient (Wildman–Crippen LogP) is 6.60. The van der Waals surface area contributed by atoms with Crippen LogP contribution in [0.25, 0.3) is 11.1 Å². The van der Waals surface area contributed by atoms with E-state index in [0.29, 0.717) is 39.7 Å². The maximum Gasteiger partial charge on any atom is 0.307 e. The molecule has 168 valence electrons. The van der Waals surface area contributed by atoms with Crippen LogP contribution in [0.3, 0.4) is 0 Å². The first-order chi connectivity index (χ1) is 15.8. The van der Waals surface area contributed by atoms with Crippen LogP contribution in [-0.2, 0) is 4.79 Å². The number of hydrogen-bond donors (Lipinski definition) is 2. The average molecular weight is 482 g/mol. The van der Waals surface area contributed by atoms with Gasteiger partial charge in [0.25, 0.3) is 5.91 Å². The Morgan fingerprint density at radius 3 is 1.94 bits per heavy atom. The molecule has 0 saturated heterocycles. The first kappa shape index (κ1) is 23.0. The van der Waals surface area contributed by atoms with Crippen molar-refractivity contribution in [1.29, 1.82) is 0 Å². The molecule has 5 nitrogen and oxygen atoms in total. The van der Waals surface area contributed by atoms with E-state index in [4.69, 9.17) is 23.2 Å². The number of aliphatic carboxylic acids is 1. The molecule has 4 rings (SSSR count). The van der Waals surface area contributed by atoms with E-state index < -0.39 is 17.8 Å². The molecule has 1 fully saturated rings. The van der Waals surface area contributed by atoms with Crippen molar-refractivity contribution in [2.24, 2.45) is 11.8 Å². The molecule has 0 heterocycles. The molecule has 0 aliphatic heterocycles. The first-order valence-corrected chi connectivity index (χ1v) is 11.3. The summed E-state index contributed by atoms with van der Waals surface area (Å²) >= 11 is 11.9. The van der Waals surface area contributed by atoms with Crippen molar-refractivity contribution in [1.82, 2.24) is 0 Å². The lowest BCUT2D eigenvalue weighted by Gasteiger charge is -2.14. The van der Waals surface area contributed by atoms with Crippen LogP contribution in [0.4, 0.5) is 5.69 Å². The third kappa shape index (κ3) is 5.10. The van der Waals surface area contributed by atoms with E-state index in [2.05, 4.69) is 5.32 Å². The Morgan fingerprint density at radius 1 is 0.758 bits per heavy atom. The van der Waals surface area contributed by atoms with E-state index >= 15 is 0 Å². The van der Waals surface area contributed by atoms with Crippen LogP contribution in [0.1, 0.15) is 40.0 Å². The Hall–Kier alpha value is -3.15. The lowest BCUT2D eigenvalue weighted by atomic mass is 9.88. The van der Waals surface area contributed by atoms with Gasteiger partial charge in [0.15, 0.2) is 5.78 Å². The highest BCUT2D eigenvalue weighted by Crippen LogP contribution is 2.35. The van der Waals surface area contributed by atoms with Gasteiger partial charge >= 0.3 is 5.97 Å². The van der Waals surface area contributed by atoms with Gasteiger partial charge in [-0.1, -0.05) is 66.0 Å². The van der Waals surface area contributed by atoms with Gasteiger partial charge in [-0.05, 0) is 54.3 Å². The lowest BCUT2D eigenvalue weighted by molar-refractivity contribution is -0.142. The molecule has 0 unspecified atom stereocenters. The van der Waals surface area contributed by atoms with E-state index in [9.17, 15) is 19.5 Å². The molecule has 1 aliphatic rings. The predicted molar refractivity (Wildman–Crippen MR) is 129 cm³/mol. The summed E-state index contributed by atoms with van der Waals surface area (Å²) in [6.07, 6.45) is 1.93. The Kier molecular flexibility index (Phi) is 6.82. The van der Waals surface area contributed by atoms with Crippen LogP contribution in [0.15, 0.2) is 66.7 Å². The smallest absolute Gasteiger partial charge is 0.307 e. The van der Waals surface area contributed by atoms with Crippen LogP contribution in [0.5, 0.6) is 0 Å². The van der Waals surface area contributed by atoms with E-state index in [-0.39, 0.29) is 11.7 Å². The molecule has 3 aromatic rings. The van der Waals surface area contributed by atoms with Gasteiger partial charge in [-0.15, -0.1) is 0 Å². The third-order valence-electron chi connectivity index (χ3n) is 6.00. The van der Waals surface area contributed by atoms with Crippen molar-refractivity contribution in [3.05, 3.63) is 87.9 Å². The van der Waals surface area contributed by atoms with Crippen LogP contribution in [0.2, 0.25) is 10.0 Å². The normalized spacial score (nSPS) is 17.5. The molecule has 2 N–H and O–H groups in total. The van der Waals surface area contributed by atoms with Crippen LogP contribution >= 0.6 is 23.2 Å². The monoisotopic (exact) mass is 481 g/mol. The van der Waals surface area contributed by atoms with Crippen molar-refractivity contribution >= 4 is 46.5 Å². The number of rotatable bonds is 6. The van der Waals surface area contributed by atoms with Crippen LogP contribution in [0, 0.1) is 11.8 Å². The fourth-order valence-corrected chi connectivity index (χ4v) is 4.50. The Bertz CT molecular complexity index is 1210. The number of halogens is 2. The molecule has 0 aromatic heterocycles. The molecular formula is C26H21Cl2NO4. The van der Waals surface area contributed by atoms with E-state index in [0.717, 1.165) is 17.5 Å². The van der Waals surface area contributed by atoms with Crippen molar-refractivity contribution in [2.45, 2.75) is 19.3 Å². The fourth-order valence-electron chi connectivity index (χ4n) is 4.20. The van der Waals surface area contributed by atoms with Crippen LogP contribution in [-0.4, -0.2) is 22.8 Å². The van der Waals surface area contributed by atoms with Gasteiger partial charge in [0, 0.05) is 22.7 Å². The number of carbonyl (C=O) groups excluding carboxylic acids is 2. The maximum atomic E-state index is 12.8. The number of carbonyl (C=O) groups is 3. The second-order valence-corrected chi connectivity index (χ2v) is 8.90. The number of anilines is 1. The van der Waals surface area contributed by atoms with Crippen LogP contribution < -0.4 is 5.32 Å². The number of ketones is 1. The van der Waals surface area contributed by atoms with Gasteiger partial charge in [-0.3, -0.25) is 14.4 Å². The Balaban J connectivity index is 1.43. The summed E-state index contributed by atoms with van der Waals surface area (Å²) in [7, 11) is 0.